The summed E-state index contributed by atoms with van der Waals surface area (Å²) < 4.78 is 6.63. The quantitative estimate of drug-likeness (QED) is 0.760. The van der Waals surface area contributed by atoms with Gasteiger partial charge in [-0.2, -0.15) is 0 Å². The SMILES string of the molecule is COCc1c(C)cc(I)c(C(C)C)c1C. The predicted octanol–water partition coefficient (Wildman–Crippen LogP) is 4.18. The fraction of sp³-hybridized carbons (Fsp3) is 0.538. The Bertz CT molecular complexity index is 356. The molecule has 0 aliphatic carbocycles. The first-order valence-corrected chi connectivity index (χ1v) is 6.34. The van der Waals surface area contributed by atoms with Crippen LogP contribution in [0.15, 0.2) is 6.07 Å². The highest BCUT2D eigenvalue weighted by Gasteiger charge is 2.13. The molecule has 0 heterocycles. The normalized spacial score (nSPS) is 11.1. The van der Waals surface area contributed by atoms with E-state index in [4.69, 9.17) is 4.74 Å². The molecule has 0 saturated carbocycles. The number of benzene rings is 1. The average molecular weight is 318 g/mol. The van der Waals surface area contributed by atoms with Gasteiger partial charge < -0.3 is 4.74 Å². The Morgan fingerprint density at radius 1 is 1.33 bits per heavy atom. The Hall–Kier alpha value is -0.0900. The van der Waals surface area contributed by atoms with Gasteiger partial charge in [0.05, 0.1) is 6.61 Å². The smallest absolute Gasteiger partial charge is 0.0718 e. The Labute approximate surface area is 106 Å². The minimum Gasteiger partial charge on any atom is -0.380 e. The van der Waals surface area contributed by atoms with E-state index >= 15 is 0 Å². The fourth-order valence-corrected chi connectivity index (χ4v) is 3.56. The lowest BCUT2D eigenvalue weighted by atomic mass is 9.92. The highest BCUT2D eigenvalue weighted by atomic mass is 127. The lowest BCUT2D eigenvalue weighted by Crippen LogP contribution is -2.04. The van der Waals surface area contributed by atoms with Crippen LogP contribution in [0.3, 0.4) is 0 Å². The van der Waals surface area contributed by atoms with Gasteiger partial charge in [-0.15, -0.1) is 0 Å². The van der Waals surface area contributed by atoms with Gasteiger partial charge >= 0.3 is 0 Å². The molecule has 0 aliphatic rings. The maximum absolute atomic E-state index is 5.26. The molecule has 84 valence electrons. The summed E-state index contributed by atoms with van der Waals surface area (Å²) in [5.74, 6) is 0.577. The second-order valence-electron chi connectivity index (χ2n) is 4.28. The van der Waals surface area contributed by atoms with Gasteiger partial charge in [-0.25, -0.2) is 0 Å². The monoisotopic (exact) mass is 318 g/mol. The summed E-state index contributed by atoms with van der Waals surface area (Å²) in [4.78, 5) is 0. The Balaban J connectivity index is 3.35. The molecular weight excluding hydrogens is 299 g/mol. The van der Waals surface area contributed by atoms with Crippen molar-refractivity contribution in [3.8, 4) is 0 Å². The van der Waals surface area contributed by atoms with Gasteiger partial charge in [0, 0.05) is 10.7 Å². The molecule has 0 spiro atoms. The molecule has 0 atom stereocenters. The van der Waals surface area contributed by atoms with Crippen molar-refractivity contribution in [3.05, 3.63) is 31.9 Å². The topological polar surface area (TPSA) is 9.23 Å². The third kappa shape index (κ3) is 2.72. The number of hydrogen-bond acceptors (Lipinski definition) is 1. The molecule has 0 bridgehead atoms. The summed E-state index contributed by atoms with van der Waals surface area (Å²) in [6.07, 6.45) is 0. The van der Waals surface area contributed by atoms with Gasteiger partial charge in [-0.3, -0.25) is 0 Å². The molecular formula is C13H19IO. The highest BCUT2D eigenvalue weighted by Crippen LogP contribution is 2.30. The second kappa shape index (κ2) is 5.30. The van der Waals surface area contributed by atoms with Crippen molar-refractivity contribution in [2.24, 2.45) is 0 Å². The van der Waals surface area contributed by atoms with Crippen LogP contribution in [0.2, 0.25) is 0 Å². The van der Waals surface area contributed by atoms with E-state index in [-0.39, 0.29) is 0 Å². The van der Waals surface area contributed by atoms with E-state index in [1.54, 1.807) is 7.11 Å². The maximum atomic E-state index is 5.26. The molecule has 0 radical (unpaired) electrons. The van der Waals surface area contributed by atoms with Crippen molar-refractivity contribution in [2.45, 2.75) is 40.2 Å². The Kier molecular flexibility index (Phi) is 4.59. The van der Waals surface area contributed by atoms with Crippen molar-refractivity contribution >= 4 is 22.6 Å². The first-order valence-electron chi connectivity index (χ1n) is 5.26. The number of ether oxygens (including phenoxy) is 1. The predicted molar refractivity (Wildman–Crippen MR) is 73.4 cm³/mol. The van der Waals surface area contributed by atoms with E-state index in [9.17, 15) is 0 Å². The molecule has 0 N–H and O–H groups in total. The molecule has 1 aromatic rings. The first kappa shape index (κ1) is 13.0. The van der Waals surface area contributed by atoms with Crippen molar-refractivity contribution in [3.63, 3.8) is 0 Å². The third-order valence-corrected chi connectivity index (χ3v) is 3.69. The molecule has 0 fully saturated rings. The van der Waals surface area contributed by atoms with Gasteiger partial charge in [0.2, 0.25) is 0 Å². The second-order valence-corrected chi connectivity index (χ2v) is 5.44. The molecule has 0 aromatic heterocycles. The van der Waals surface area contributed by atoms with Crippen molar-refractivity contribution in [2.75, 3.05) is 7.11 Å². The molecule has 1 rings (SSSR count). The van der Waals surface area contributed by atoms with Crippen LogP contribution in [0, 0.1) is 17.4 Å². The van der Waals surface area contributed by atoms with Gasteiger partial charge in [-0.05, 0) is 70.7 Å². The summed E-state index contributed by atoms with van der Waals surface area (Å²) in [6, 6.07) is 2.26. The Morgan fingerprint density at radius 3 is 2.40 bits per heavy atom. The summed E-state index contributed by atoms with van der Waals surface area (Å²) >= 11 is 2.43. The molecule has 15 heavy (non-hydrogen) atoms. The van der Waals surface area contributed by atoms with Crippen molar-refractivity contribution in [1.82, 2.24) is 0 Å². The molecule has 1 aromatic carbocycles. The van der Waals surface area contributed by atoms with E-state index in [0.29, 0.717) is 12.5 Å². The lowest BCUT2D eigenvalue weighted by Gasteiger charge is -2.18. The number of halogens is 1. The minimum atomic E-state index is 0.577. The van der Waals surface area contributed by atoms with Crippen LogP contribution in [0.25, 0.3) is 0 Å². The molecule has 0 aliphatic heterocycles. The van der Waals surface area contributed by atoms with Crippen LogP contribution < -0.4 is 0 Å². The molecule has 1 nitrogen and oxygen atoms in total. The Morgan fingerprint density at radius 2 is 1.93 bits per heavy atom. The number of rotatable bonds is 3. The van der Waals surface area contributed by atoms with Crippen LogP contribution in [0.4, 0.5) is 0 Å². The zero-order valence-corrected chi connectivity index (χ0v) is 12.3. The van der Waals surface area contributed by atoms with E-state index < -0.39 is 0 Å². The largest absolute Gasteiger partial charge is 0.380 e. The third-order valence-electron chi connectivity index (χ3n) is 2.80. The van der Waals surface area contributed by atoms with E-state index in [0.717, 1.165) is 0 Å². The summed E-state index contributed by atoms with van der Waals surface area (Å²) in [6.45, 7) is 9.58. The summed E-state index contributed by atoms with van der Waals surface area (Å²) in [5, 5.41) is 0. The van der Waals surface area contributed by atoms with E-state index in [1.165, 1.54) is 25.8 Å². The standard InChI is InChI=1S/C13H19IO/c1-8(2)13-10(4)11(7-15-5)9(3)6-12(13)14/h6,8H,7H2,1-5H3. The molecule has 0 amide bonds. The minimum absolute atomic E-state index is 0.577. The highest BCUT2D eigenvalue weighted by molar-refractivity contribution is 14.1. The van der Waals surface area contributed by atoms with Crippen LogP contribution in [0.5, 0.6) is 0 Å². The molecule has 0 unspecified atom stereocenters. The molecule has 0 saturated heterocycles. The van der Waals surface area contributed by atoms with Crippen LogP contribution in [-0.4, -0.2) is 7.11 Å². The fourth-order valence-electron chi connectivity index (χ4n) is 2.07. The van der Waals surface area contributed by atoms with Crippen LogP contribution >= 0.6 is 22.6 Å². The van der Waals surface area contributed by atoms with E-state index in [1.807, 2.05) is 0 Å². The number of aryl methyl sites for hydroxylation is 1. The van der Waals surface area contributed by atoms with Crippen molar-refractivity contribution in [1.29, 1.82) is 0 Å². The maximum Gasteiger partial charge on any atom is 0.0718 e. The van der Waals surface area contributed by atoms with Gasteiger partial charge in [-0.1, -0.05) is 13.8 Å². The number of methoxy groups -OCH3 is 1. The van der Waals surface area contributed by atoms with E-state index in [2.05, 4.69) is 56.4 Å². The lowest BCUT2D eigenvalue weighted by molar-refractivity contribution is 0.183. The van der Waals surface area contributed by atoms with Gasteiger partial charge in [0.15, 0.2) is 0 Å². The summed E-state index contributed by atoms with van der Waals surface area (Å²) in [5.41, 5.74) is 5.55. The average Bonchev–Trinajstić information content (AvgIpc) is 2.11. The zero-order valence-electron chi connectivity index (χ0n) is 10.1. The van der Waals surface area contributed by atoms with Gasteiger partial charge in [0.25, 0.3) is 0 Å². The summed E-state index contributed by atoms with van der Waals surface area (Å²) in [7, 11) is 1.76. The van der Waals surface area contributed by atoms with Crippen LogP contribution in [0.1, 0.15) is 42.0 Å². The van der Waals surface area contributed by atoms with Crippen molar-refractivity contribution < 1.29 is 4.74 Å². The number of hydrogen-bond donors (Lipinski definition) is 0. The van der Waals surface area contributed by atoms with Gasteiger partial charge in [0.1, 0.15) is 0 Å². The molecule has 2 heteroatoms. The first-order chi connectivity index (χ1) is 6.99. The zero-order chi connectivity index (χ0) is 11.6. The van der Waals surface area contributed by atoms with Crippen LogP contribution in [-0.2, 0) is 11.3 Å².